The predicted octanol–water partition coefficient (Wildman–Crippen LogP) is 4.19. The second-order valence-corrected chi connectivity index (χ2v) is 8.34. The van der Waals surface area contributed by atoms with Gasteiger partial charge in [0.1, 0.15) is 11.1 Å². The van der Waals surface area contributed by atoms with Crippen LogP contribution in [0.2, 0.25) is 0 Å². The fraction of sp³-hybridized carbons (Fsp3) is 0.550. The first-order valence-corrected chi connectivity index (χ1v) is 9.20. The largest absolute Gasteiger partial charge is 0.444 e. The van der Waals surface area contributed by atoms with Crippen LogP contribution in [-0.4, -0.2) is 39.4 Å². The molecule has 6 heteroatoms. The van der Waals surface area contributed by atoms with Crippen molar-refractivity contribution in [3.63, 3.8) is 0 Å². The van der Waals surface area contributed by atoms with E-state index in [2.05, 4.69) is 4.98 Å². The number of ketones is 1. The lowest BCUT2D eigenvalue weighted by Gasteiger charge is -2.39. The first-order chi connectivity index (χ1) is 12.3. The Morgan fingerprint density at radius 3 is 2.54 bits per heavy atom. The number of amides is 1. The molecule has 1 aromatic carbocycles. The van der Waals surface area contributed by atoms with Gasteiger partial charge in [-0.3, -0.25) is 4.79 Å². The van der Waals surface area contributed by atoms with E-state index in [1.165, 1.54) is 6.39 Å². The summed E-state index contributed by atoms with van der Waals surface area (Å²) in [7, 11) is 0. The Hall–Kier alpha value is -2.37. The third kappa shape index (κ3) is 3.08. The summed E-state index contributed by atoms with van der Waals surface area (Å²) in [4.78, 5) is 31.5. The van der Waals surface area contributed by atoms with Gasteiger partial charge in [-0.05, 0) is 64.7 Å². The summed E-state index contributed by atoms with van der Waals surface area (Å²) in [5, 5.41) is 0. The number of benzene rings is 1. The molecule has 2 atom stereocenters. The number of carbonyl (C=O) groups is 2. The second kappa shape index (κ2) is 6.11. The van der Waals surface area contributed by atoms with Crippen LogP contribution >= 0.6 is 0 Å². The normalized spacial score (nSPS) is 25.5. The average molecular weight is 356 g/mol. The number of piperidine rings is 1. The number of ether oxygens (including phenoxy) is 1. The summed E-state index contributed by atoms with van der Waals surface area (Å²) in [5.74, 6) is 0.0752. The molecule has 1 aromatic heterocycles. The highest BCUT2D eigenvalue weighted by molar-refractivity contribution is 6.00. The quantitative estimate of drug-likeness (QED) is 0.755. The molecule has 0 radical (unpaired) electrons. The van der Waals surface area contributed by atoms with Crippen molar-refractivity contribution in [3.8, 4) is 0 Å². The number of fused-ring (bicyclic) bond motifs is 3. The predicted molar refractivity (Wildman–Crippen MR) is 95.9 cm³/mol. The summed E-state index contributed by atoms with van der Waals surface area (Å²) < 4.78 is 10.8. The Kier molecular flexibility index (Phi) is 4.01. The van der Waals surface area contributed by atoms with Crippen LogP contribution in [0, 0.1) is 5.92 Å². The van der Waals surface area contributed by atoms with E-state index in [0.29, 0.717) is 29.5 Å². The monoisotopic (exact) mass is 356 g/mol. The van der Waals surface area contributed by atoms with Crippen LogP contribution in [0.1, 0.15) is 56.8 Å². The molecule has 0 saturated carbocycles. The van der Waals surface area contributed by atoms with Crippen molar-refractivity contribution in [1.29, 1.82) is 0 Å². The highest BCUT2D eigenvalue weighted by Crippen LogP contribution is 2.40. The van der Waals surface area contributed by atoms with Gasteiger partial charge in [-0.25, -0.2) is 9.78 Å². The SMILES string of the molecule is CC(C)(C)OC(=O)N1C2CCC1CC(C(=O)c1ccc3ocnc3c1)C2. The zero-order chi connectivity index (χ0) is 18.5. The van der Waals surface area contributed by atoms with Crippen molar-refractivity contribution >= 4 is 23.0 Å². The lowest BCUT2D eigenvalue weighted by atomic mass is 9.85. The van der Waals surface area contributed by atoms with E-state index in [0.717, 1.165) is 12.8 Å². The van der Waals surface area contributed by atoms with E-state index in [4.69, 9.17) is 9.15 Å². The lowest BCUT2D eigenvalue weighted by molar-refractivity contribution is 0.00254. The molecule has 2 aromatic rings. The number of Topliss-reactive ketones (excluding diaryl/α,β-unsaturated/α-hetero) is 1. The molecular weight excluding hydrogens is 332 g/mol. The van der Waals surface area contributed by atoms with Gasteiger partial charge in [0.25, 0.3) is 0 Å². The smallest absolute Gasteiger partial charge is 0.410 e. The van der Waals surface area contributed by atoms with E-state index in [-0.39, 0.29) is 29.9 Å². The Morgan fingerprint density at radius 1 is 1.19 bits per heavy atom. The maximum Gasteiger partial charge on any atom is 0.410 e. The van der Waals surface area contributed by atoms with Crippen LogP contribution in [0.25, 0.3) is 11.1 Å². The highest BCUT2D eigenvalue weighted by atomic mass is 16.6. The number of hydrogen-bond donors (Lipinski definition) is 0. The van der Waals surface area contributed by atoms with E-state index in [1.807, 2.05) is 25.7 Å². The van der Waals surface area contributed by atoms with Crippen LogP contribution in [0.3, 0.4) is 0 Å². The summed E-state index contributed by atoms with van der Waals surface area (Å²) in [6.45, 7) is 5.63. The zero-order valence-electron chi connectivity index (χ0n) is 15.4. The van der Waals surface area contributed by atoms with Gasteiger partial charge in [0.2, 0.25) is 0 Å². The summed E-state index contributed by atoms with van der Waals surface area (Å²) in [6.07, 6.45) is 4.42. The Bertz CT molecular complexity index is 837. The Labute approximate surface area is 152 Å². The van der Waals surface area contributed by atoms with E-state index in [1.54, 1.807) is 18.2 Å². The average Bonchev–Trinajstić information content (AvgIpc) is 3.14. The molecular formula is C20H24N2O4. The molecule has 0 spiro atoms. The number of carbonyl (C=O) groups excluding carboxylic acids is 2. The molecule has 2 fully saturated rings. The maximum atomic E-state index is 13.0. The fourth-order valence-electron chi connectivity index (χ4n) is 4.25. The van der Waals surface area contributed by atoms with Gasteiger partial charge in [0, 0.05) is 23.6 Å². The standard InChI is InChI=1S/C20H24N2O4/c1-20(2,3)26-19(24)22-14-5-6-15(22)9-13(8-14)18(23)12-4-7-17-16(10-12)21-11-25-17/h4,7,10-11,13-15H,5-6,8-9H2,1-3H3. The maximum absolute atomic E-state index is 13.0. The number of hydrogen-bond acceptors (Lipinski definition) is 5. The third-order valence-corrected chi connectivity index (χ3v) is 5.32. The fourth-order valence-corrected chi connectivity index (χ4v) is 4.25. The van der Waals surface area contributed by atoms with Crippen molar-refractivity contribution in [2.45, 2.75) is 64.1 Å². The Balaban J connectivity index is 1.49. The lowest BCUT2D eigenvalue weighted by Crippen LogP contribution is -2.49. The van der Waals surface area contributed by atoms with Crippen LogP contribution in [-0.2, 0) is 4.74 Å². The summed E-state index contributed by atoms with van der Waals surface area (Å²) in [5.41, 5.74) is 1.55. The highest BCUT2D eigenvalue weighted by Gasteiger charge is 2.46. The molecule has 2 aliphatic heterocycles. The molecule has 3 heterocycles. The molecule has 2 aliphatic rings. The minimum Gasteiger partial charge on any atom is -0.444 e. The second-order valence-electron chi connectivity index (χ2n) is 8.34. The Morgan fingerprint density at radius 2 is 1.88 bits per heavy atom. The van der Waals surface area contributed by atoms with Gasteiger partial charge >= 0.3 is 6.09 Å². The van der Waals surface area contributed by atoms with Crippen LogP contribution in [0.4, 0.5) is 4.79 Å². The van der Waals surface area contributed by atoms with E-state index < -0.39 is 5.60 Å². The molecule has 2 bridgehead atoms. The molecule has 26 heavy (non-hydrogen) atoms. The molecule has 138 valence electrons. The van der Waals surface area contributed by atoms with Crippen LogP contribution < -0.4 is 0 Å². The van der Waals surface area contributed by atoms with Gasteiger partial charge in [0.15, 0.2) is 17.8 Å². The molecule has 2 unspecified atom stereocenters. The molecule has 0 N–H and O–H groups in total. The van der Waals surface area contributed by atoms with Gasteiger partial charge in [0.05, 0.1) is 0 Å². The molecule has 0 aliphatic carbocycles. The van der Waals surface area contributed by atoms with Gasteiger partial charge in [-0.1, -0.05) is 0 Å². The van der Waals surface area contributed by atoms with Crippen molar-refractivity contribution in [3.05, 3.63) is 30.2 Å². The number of rotatable bonds is 2. The minimum atomic E-state index is -0.504. The number of oxazole rings is 1. The van der Waals surface area contributed by atoms with Crippen molar-refractivity contribution in [1.82, 2.24) is 9.88 Å². The third-order valence-electron chi connectivity index (χ3n) is 5.32. The first kappa shape index (κ1) is 17.1. The number of nitrogens with zero attached hydrogens (tertiary/aromatic N) is 2. The van der Waals surface area contributed by atoms with Gasteiger partial charge < -0.3 is 14.1 Å². The first-order valence-electron chi connectivity index (χ1n) is 9.20. The molecule has 6 nitrogen and oxygen atoms in total. The van der Waals surface area contributed by atoms with Crippen molar-refractivity contribution < 1.29 is 18.7 Å². The summed E-state index contributed by atoms with van der Waals surface area (Å²) >= 11 is 0. The van der Waals surface area contributed by atoms with Crippen LogP contribution in [0.15, 0.2) is 29.0 Å². The van der Waals surface area contributed by atoms with Crippen LogP contribution in [0.5, 0.6) is 0 Å². The van der Waals surface area contributed by atoms with E-state index >= 15 is 0 Å². The van der Waals surface area contributed by atoms with Gasteiger partial charge in [-0.15, -0.1) is 0 Å². The van der Waals surface area contributed by atoms with Crippen molar-refractivity contribution in [2.24, 2.45) is 5.92 Å². The molecule has 1 amide bonds. The summed E-state index contributed by atoms with van der Waals surface area (Å²) in [6, 6.07) is 5.57. The zero-order valence-corrected chi connectivity index (χ0v) is 15.4. The minimum absolute atomic E-state index is 0.0597. The topological polar surface area (TPSA) is 72.6 Å². The number of aromatic nitrogens is 1. The molecule has 2 saturated heterocycles. The van der Waals surface area contributed by atoms with Crippen molar-refractivity contribution in [2.75, 3.05) is 0 Å². The van der Waals surface area contributed by atoms with E-state index in [9.17, 15) is 9.59 Å². The molecule has 4 rings (SSSR count). The van der Waals surface area contributed by atoms with Gasteiger partial charge in [-0.2, -0.15) is 0 Å².